The molecule has 1 aliphatic rings. The third-order valence-electron chi connectivity index (χ3n) is 3.59. The van der Waals surface area contributed by atoms with Crippen molar-refractivity contribution in [3.63, 3.8) is 0 Å². The SMILES string of the molecule is NN1CC(c2cccc(Cl)c2)N=C1Cc1ccc(F)c(F)c1. The number of rotatable bonds is 3. The monoisotopic (exact) mass is 321 g/mol. The molecule has 1 atom stereocenters. The number of aliphatic imine (C=N–C) groups is 1. The van der Waals surface area contributed by atoms with Gasteiger partial charge in [-0.3, -0.25) is 10.0 Å². The molecule has 0 aliphatic carbocycles. The van der Waals surface area contributed by atoms with E-state index in [-0.39, 0.29) is 6.04 Å². The van der Waals surface area contributed by atoms with Gasteiger partial charge in [0.05, 0.1) is 12.6 Å². The summed E-state index contributed by atoms with van der Waals surface area (Å²) >= 11 is 5.99. The number of amidine groups is 1. The summed E-state index contributed by atoms with van der Waals surface area (Å²) in [6.45, 7) is 0.527. The van der Waals surface area contributed by atoms with E-state index in [0.29, 0.717) is 29.4 Å². The van der Waals surface area contributed by atoms with Crippen molar-refractivity contribution in [2.75, 3.05) is 6.54 Å². The Morgan fingerprint density at radius 1 is 1.18 bits per heavy atom. The van der Waals surface area contributed by atoms with Gasteiger partial charge in [-0.15, -0.1) is 0 Å². The van der Waals surface area contributed by atoms with Gasteiger partial charge in [-0.1, -0.05) is 29.8 Å². The van der Waals surface area contributed by atoms with Gasteiger partial charge in [0.1, 0.15) is 5.84 Å². The van der Waals surface area contributed by atoms with Crippen molar-refractivity contribution in [3.05, 3.63) is 70.2 Å². The van der Waals surface area contributed by atoms with Gasteiger partial charge in [-0.05, 0) is 35.4 Å². The van der Waals surface area contributed by atoms with Crippen LogP contribution in [-0.4, -0.2) is 17.4 Å². The molecule has 0 radical (unpaired) electrons. The molecule has 114 valence electrons. The van der Waals surface area contributed by atoms with Crippen molar-refractivity contribution >= 4 is 17.4 Å². The molecule has 0 spiro atoms. The minimum absolute atomic E-state index is 0.107. The van der Waals surface area contributed by atoms with Crippen molar-refractivity contribution in [1.29, 1.82) is 0 Å². The van der Waals surface area contributed by atoms with Crippen LogP contribution in [-0.2, 0) is 6.42 Å². The highest BCUT2D eigenvalue weighted by molar-refractivity contribution is 6.30. The van der Waals surface area contributed by atoms with Crippen molar-refractivity contribution in [1.82, 2.24) is 5.01 Å². The summed E-state index contributed by atoms with van der Waals surface area (Å²) in [5, 5.41) is 2.18. The minimum Gasteiger partial charge on any atom is -0.296 e. The van der Waals surface area contributed by atoms with Gasteiger partial charge in [-0.2, -0.15) is 0 Å². The zero-order valence-electron chi connectivity index (χ0n) is 11.6. The van der Waals surface area contributed by atoms with Gasteiger partial charge in [-0.25, -0.2) is 14.6 Å². The number of nitrogens with two attached hydrogens (primary N) is 1. The molecule has 22 heavy (non-hydrogen) atoms. The lowest BCUT2D eigenvalue weighted by atomic mass is 10.1. The molecule has 3 nitrogen and oxygen atoms in total. The summed E-state index contributed by atoms with van der Waals surface area (Å²) in [7, 11) is 0. The molecular weight excluding hydrogens is 308 g/mol. The third-order valence-corrected chi connectivity index (χ3v) is 3.82. The van der Waals surface area contributed by atoms with Crippen molar-refractivity contribution in [2.45, 2.75) is 12.5 Å². The van der Waals surface area contributed by atoms with Crippen LogP contribution in [0.3, 0.4) is 0 Å². The van der Waals surface area contributed by atoms with Crippen LogP contribution in [0.5, 0.6) is 0 Å². The highest BCUT2D eigenvalue weighted by Crippen LogP contribution is 2.26. The third kappa shape index (κ3) is 3.10. The van der Waals surface area contributed by atoms with Crippen LogP contribution in [0.25, 0.3) is 0 Å². The Labute approximate surface area is 132 Å². The minimum atomic E-state index is -0.869. The molecule has 0 saturated heterocycles. The predicted octanol–water partition coefficient (Wildman–Crippen LogP) is 3.49. The molecular formula is C16H14ClF2N3. The maximum Gasteiger partial charge on any atom is 0.159 e. The zero-order valence-corrected chi connectivity index (χ0v) is 12.4. The quantitative estimate of drug-likeness (QED) is 0.879. The molecule has 0 aromatic heterocycles. The highest BCUT2D eigenvalue weighted by Gasteiger charge is 2.24. The maximum atomic E-state index is 13.3. The Bertz CT molecular complexity index is 733. The fourth-order valence-corrected chi connectivity index (χ4v) is 2.66. The largest absolute Gasteiger partial charge is 0.296 e. The topological polar surface area (TPSA) is 41.6 Å². The van der Waals surface area contributed by atoms with Gasteiger partial charge in [0.25, 0.3) is 0 Å². The van der Waals surface area contributed by atoms with Gasteiger partial charge in [0, 0.05) is 11.4 Å². The van der Waals surface area contributed by atoms with Crippen LogP contribution in [0, 0.1) is 11.6 Å². The molecule has 0 bridgehead atoms. The van der Waals surface area contributed by atoms with Gasteiger partial charge < -0.3 is 0 Å². The molecule has 0 fully saturated rings. The smallest absolute Gasteiger partial charge is 0.159 e. The number of hydrazine groups is 1. The summed E-state index contributed by atoms with van der Waals surface area (Å²) in [6, 6.07) is 11.1. The number of halogens is 3. The number of nitrogens with zero attached hydrogens (tertiary/aromatic N) is 2. The van der Waals surface area contributed by atoms with Crippen molar-refractivity contribution in [3.8, 4) is 0 Å². The van der Waals surface area contributed by atoms with E-state index in [1.165, 1.54) is 17.1 Å². The maximum absolute atomic E-state index is 13.3. The van der Waals surface area contributed by atoms with Crippen LogP contribution >= 0.6 is 11.6 Å². The van der Waals surface area contributed by atoms with Gasteiger partial charge >= 0.3 is 0 Å². The molecule has 0 saturated carbocycles. The first kappa shape index (κ1) is 14.9. The average Bonchev–Trinajstić information content (AvgIpc) is 2.84. The molecule has 1 unspecified atom stereocenters. The Balaban J connectivity index is 1.81. The fourth-order valence-electron chi connectivity index (χ4n) is 2.46. The number of hydrogen-bond acceptors (Lipinski definition) is 3. The first-order valence-electron chi connectivity index (χ1n) is 6.81. The van der Waals surface area contributed by atoms with E-state index in [2.05, 4.69) is 4.99 Å². The summed E-state index contributed by atoms with van der Waals surface area (Å²) in [6.07, 6.45) is 0.352. The van der Waals surface area contributed by atoms with Crippen molar-refractivity contribution in [2.24, 2.45) is 10.8 Å². The first-order chi connectivity index (χ1) is 10.5. The number of benzene rings is 2. The fraction of sp³-hybridized carbons (Fsp3) is 0.188. The molecule has 1 aliphatic heterocycles. The van der Waals surface area contributed by atoms with Crippen LogP contribution < -0.4 is 5.84 Å². The second-order valence-corrected chi connectivity index (χ2v) is 5.63. The zero-order chi connectivity index (χ0) is 15.7. The van der Waals surface area contributed by atoms with E-state index in [0.717, 1.165) is 11.6 Å². The van der Waals surface area contributed by atoms with Crippen LogP contribution in [0.4, 0.5) is 8.78 Å². The van der Waals surface area contributed by atoms with E-state index < -0.39 is 11.6 Å². The van der Waals surface area contributed by atoms with E-state index in [1.54, 1.807) is 6.07 Å². The normalized spacial score (nSPS) is 17.7. The number of hydrogen-bond donors (Lipinski definition) is 1. The predicted molar refractivity (Wildman–Crippen MR) is 82.6 cm³/mol. The molecule has 0 amide bonds. The summed E-state index contributed by atoms with van der Waals surface area (Å²) in [5.74, 6) is 4.87. The van der Waals surface area contributed by atoms with Crippen LogP contribution in [0.15, 0.2) is 47.5 Å². The molecule has 2 aromatic rings. The summed E-state index contributed by atoms with van der Waals surface area (Å²) in [5.41, 5.74) is 1.60. The van der Waals surface area contributed by atoms with E-state index >= 15 is 0 Å². The molecule has 2 aromatic carbocycles. The molecule has 6 heteroatoms. The van der Waals surface area contributed by atoms with Crippen LogP contribution in [0.1, 0.15) is 17.2 Å². The molecule has 3 rings (SSSR count). The summed E-state index contributed by atoms with van der Waals surface area (Å²) in [4.78, 5) is 4.57. The lowest BCUT2D eigenvalue weighted by molar-refractivity contribution is 0.442. The Hall–Kier alpha value is -1.98. The Morgan fingerprint density at radius 2 is 2.00 bits per heavy atom. The van der Waals surface area contributed by atoms with Gasteiger partial charge in [0.2, 0.25) is 0 Å². The second-order valence-electron chi connectivity index (χ2n) is 5.19. The van der Waals surface area contributed by atoms with E-state index in [9.17, 15) is 8.78 Å². The van der Waals surface area contributed by atoms with Gasteiger partial charge in [0.15, 0.2) is 11.6 Å². The van der Waals surface area contributed by atoms with E-state index in [4.69, 9.17) is 17.4 Å². The Morgan fingerprint density at radius 3 is 2.73 bits per heavy atom. The van der Waals surface area contributed by atoms with Crippen LogP contribution in [0.2, 0.25) is 5.02 Å². The summed E-state index contributed by atoms with van der Waals surface area (Å²) < 4.78 is 26.2. The average molecular weight is 322 g/mol. The van der Waals surface area contributed by atoms with Crippen molar-refractivity contribution < 1.29 is 8.78 Å². The lowest BCUT2D eigenvalue weighted by Crippen LogP contribution is -2.35. The molecule has 1 heterocycles. The standard InChI is InChI=1S/C16H14ClF2N3/c17-12-3-1-2-11(8-12)15-9-22(20)16(21-15)7-10-4-5-13(18)14(19)6-10/h1-6,8,15H,7,9,20H2. The highest BCUT2D eigenvalue weighted by atomic mass is 35.5. The molecule has 2 N–H and O–H groups in total. The second kappa shape index (κ2) is 6.02. The lowest BCUT2D eigenvalue weighted by Gasteiger charge is -2.14. The first-order valence-corrected chi connectivity index (χ1v) is 7.19. The van der Waals surface area contributed by atoms with E-state index in [1.807, 2.05) is 18.2 Å². The Kier molecular flexibility index (Phi) is 4.09.